The molecule has 6 aromatic carbocycles. The number of oxazole rings is 1. The first-order valence-electron chi connectivity index (χ1n) is 18.3. The molecule has 6 heteroatoms. The second-order valence-electron chi connectivity index (χ2n) is 15.7. The van der Waals surface area contributed by atoms with Crippen molar-refractivity contribution in [3.05, 3.63) is 132 Å². The van der Waals surface area contributed by atoms with Gasteiger partial charge in [0.05, 0.1) is 28.9 Å². The zero-order valence-electron chi connectivity index (χ0n) is 31.1. The highest BCUT2D eigenvalue weighted by molar-refractivity contribution is 6.20. The molecule has 9 aromatic rings. The number of benzene rings is 6. The molecule has 0 atom stereocenters. The molecule has 0 amide bonds. The molecule has 0 N–H and O–H groups in total. The standard InChI is InChI=1S/C47H40N4O2/c1-26(2)34-23-30(28-15-10-9-11-16-28)24-35(27(3)4)41(34)51-42-31-18-13-12-17-29(31)21-22-36(42)49-45(51)33-20-14-19-32-39-38(52-43(32)33)25-37-44(40(39)48-8)53-46(50-37)47(5,6)7/h9-27H,1-7H3. The van der Waals surface area contributed by atoms with E-state index in [-0.39, 0.29) is 17.3 Å². The van der Waals surface area contributed by atoms with Crippen LogP contribution in [0.15, 0.2) is 112 Å². The van der Waals surface area contributed by atoms with E-state index in [1.165, 1.54) is 22.3 Å². The molecule has 260 valence electrons. The summed E-state index contributed by atoms with van der Waals surface area (Å²) < 4.78 is 15.5. The molecule has 0 aliphatic carbocycles. The second-order valence-corrected chi connectivity index (χ2v) is 15.7. The Balaban J connectivity index is 1.41. The minimum atomic E-state index is -0.305. The molecule has 0 saturated heterocycles. The van der Waals surface area contributed by atoms with E-state index in [1.54, 1.807) is 0 Å². The third-order valence-electron chi connectivity index (χ3n) is 10.4. The first-order chi connectivity index (χ1) is 25.5. The fraction of sp³-hybridized carbons (Fsp3) is 0.213. The number of nitrogens with zero attached hydrogens (tertiary/aromatic N) is 4. The Hall–Kier alpha value is -6.19. The summed E-state index contributed by atoms with van der Waals surface area (Å²) in [5.74, 6) is 1.82. The predicted molar refractivity (Wildman–Crippen MR) is 217 cm³/mol. The third kappa shape index (κ3) is 5.06. The summed E-state index contributed by atoms with van der Waals surface area (Å²) in [6.45, 7) is 23.5. The molecule has 0 unspecified atom stereocenters. The van der Waals surface area contributed by atoms with Crippen molar-refractivity contribution in [2.45, 2.75) is 65.7 Å². The summed E-state index contributed by atoms with van der Waals surface area (Å²) in [6, 6.07) is 36.3. The van der Waals surface area contributed by atoms with Crippen molar-refractivity contribution >= 4 is 60.5 Å². The highest BCUT2D eigenvalue weighted by atomic mass is 16.4. The number of rotatable bonds is 5. The minimum Gasteiger partial charge on any atom is -0.457 e. The molecule has 0 saturated carbocycles. The van der Waals surface area contributed by atoms with Crippen LogP contribution in [0.4, 0.5) is 5.69 Å². The Morgan fingerprint density at radius 1 is 0.679 bits per heavy atom. The molecule has 53 heavy (non-hydrogen) atoms. The number of aromatic nitrogens is 3. The molecule has 3 heterocycles. The highest BCUT2D eigenvalue weighted by Gasteiger charge is 2.29. The quantitative estimate of drug-likeness (QED) is 0.168. The van der Waals surface area contributed by atoms with Crippen molar-refractivity contribution in [1.82, 2.24) is 14.5 Å². The summed E-state index contributed by atoms with van der Waals surface area (Å²) in [6.07, 6.45) is 0. The molecule has 0 spiro atoms. The van der Waals surface area contributed by atoms with E-state index in [4.69, 9.17) is 25.4 Å². The Morgan fingerprint density at radius 2 is 1.38 bits per heavy atom. The third-order valence-corrected chi connectivity index (χ3v) is 10.4. The number of fused-ring (bicyclic) bond motifs is 7. The van der Waals surface area contributed by atoms with Crippen molar-refractivity contribution < 1.29 is 8.83 Å². The maximum Gasteiger partial charge on any atom is 0.242 e. The van der Waals surface area contributed by atoms with Gasteiger partial charge in [0.1, 0.15) is 22.5 Å². The summed E-state index contributed by atoms with van der Waals surface area (Å²) in [4.78, 5) is 14.3. The molecule has 6 nitrogen and oxygen atoms in total. The normalized spacial score (nSPS) is 12.4. The van der Waals surface area contributed by atoms with E-state index in [2.05, 4.69) is 143 Å². The van der Waals surface area contributed by atoms with E-state index in [0.29, 0.717) is 33.8 Å². The van der Waals surface area contributed by atoms with Crippen LogP contribution in [-0.4, -0.2) is 14.5 Å². The lowest BCUT2D eigenvalue weighted by atomic mass is 9.88. The largest absolute Gasteiger partial charge is 0.457 e. The van der Waals surface area contributed by atoms with Gasteiger partial charge in [-0.25, -0.2) is 14.8 Å². The highest BCUT2D eigenvalue weighted by Crippen LogP contribution is 2.47. The van der Waals surface area contributed by atoms with E-state index in [1.807, 2.05) is 18.2 Å². The molecule has 0 fully saturated rings. The molecular weight excluding hydrogens is 653 g/mol. The fourth-order valence-electron chi connectivity index (χ4n) is 7.78. The van der Waals surface area contributed by atoms with Gasteiger partial charge in [0.25, 0.3) is 0 Å². The van der Waals surface area contributed by atoms with Crippen LogP contribution in [0.2, 0.25) is 0 Å². The molecule has 0 aliphatic heterocycles. The number of imidazole rings is 1. The Bertz CT molecular complexity index is 2920. The number of furan rings is 1. The zero-order chi connectivity index (χ0) is 36.8. The lowest BCUT2D eigenvalue weighted by molar-refractivity contribution is 0.411. The average Bonchev–Trinajstić information content (AvgIpc) is 3.87. The monoisotopic (exact) mass is 692 g/mol. The van der Waals surface area contributed by atoms with Gasteiger partial charge in [0.2, 0.25) is 5.69 Å². The van der Waals surface area contributed by atoms with Crippen LogP contribution in [0.25, 0.3) is 87.9 Å². The van der Waals surface area contributed by atoms with E-state index in [0.717, 1.165) is 49.7 Å². The van der Waals surface area contributed by atoms with Crippen LogP contribution in [-0.2, 0) is 5.41 Å². The summed E-state index contributed by atoms with van der Waals surface area (Å²) in [5, 5.41) is 3.86. The molecule has 0 aliphatic rings. The van der Waals surface area contributed by atoms with Gasteiger partial charge in [-0.2, -0.15) is 0 Å². The predicted octanol–water partition coefficient (Wildman–Crippen LogP) is 13.6. The average molecular weight is 693 g/mol. The molecule has 3 aromatic heterocycles. The number of hydrogen-bond acceptors (Lipinski definition) is 4. The van der Waals surface area contributed by atoms with Gasteiger partial charge in [-0.05, 0) is 63.7 Å². The van der Waals surface area contributed by atoms with Gasteiger partial charge in [-0.15, -0.1) is 0 Å². The van der Waals surface area contributed by atoms with Crippen LogP contribution < -0.4 is 0 Å². The molecule has 9 rings (SSSR count). The van der Waals surface area contributed by atoms with Gasteiger partial charge in [-0.1, -0.05) is 121 Å². The van der Waals surface area contributed by atoms with Crippen molar-refractivity contribution in [3.63, 3.8) is 0 Å². The van der Waals surface area contributed by atoms with Gasteiger partial charge in [0, 0.05) is 27.6 Å². The Kier molecular flexibility index (Phi) is 7.36. The first-order valence-corrected chi connectivity index (χ1v) is 18.3. The maximum absolute atomic E-state index is 8.29. The Morgan fingerprint density at radius 3 is 2.08 bits per heavy atom. The van der Waals surface area contributed by atoms with Crippen LogP contribution >= 0.6 is 0 Å². The van der Waals surface area contributed by atoms with E-state index >= 15 is 0 Å². The molecule has 0 radical (unpaired) electrons. The van der Waals surface area contributed by atoms with Gasteiger partial charge < -0.3 is 8.83 Å². The molecule has 0 bridgehead atoms. The van der Waals surface area contributed by atoms with Crippen LogP contribution in [0.1, 0.15) is 77.3 Å². The first kappa shape index (κ1) is 32.7. The maximum atomic E-state index is 8.29. The van der Waals surface area contributed by atoms with Crippen molar-refractivity contribution in [3.8, 4) is 28.2 Å². The van der Waals surface area contributed by atoms with Crippen LogP contribution in [0, 0.1) is 6.57 Å². The lowest BCUT2D eigenvalue weighted by Gasteiger charge is -2.24. The van der Waals surface area contributed by atoms with Crippen molar-refractivity contribution in [1.29, 1.82) is 0 Å². The van der Waals surface area contributed by atoms with Crippen LogP contribution in [0.3, 0.4) is 0 Å². The van der Waals surface area contributed by atoms with Gasteiger partial charge in [-0.3, -0.25) is 4.57 Å². The van der Waals surface area contributed by atoms with Crippen molar-refractivity contribution in [2.24, 2.45) is 0 Å². The van der Waals surface area contributed by atoms with Gasteiger partial charge >= 0.3 is 0 Å². The number of para-hydroxylation sites is 1. The molecular formula is C47H40N4O2. The topological polar surface area (TPSA) is 61.4 Å². The second kappa shape index (κ2) is 11.9. The number of hydrogen-bond donors (Lipinski definition) is 0. The van der Waals surface area contributed by atoms with Crippen molar-refractivity contribution in [2.75, 3.05) is 0 Å². The summed E-state index contributed by atoms with van der Waals surface area (Å²) in [5.41, 5.74) is 11.4. The van der Waals surface area contributed by atoms with E-state index < -0.39 is 0 Å². The summed E-state index contributed by atoms with van der Waals surface area (Å²) >= 11 is 0. The smallest absolute Gasteiger partial charge is 0.242 e. The van der Waals surface area contributed by atoms with Crippen LogP contribution in [0.5, 0.6) is 0 Å². The fourth-order valence-corrected chi connectivity index (χ4v) is 7.78. The van der Waals surface area contributed by atoms with Gasteiger partial charge in [0.15, 0.2) is 11.5 Å². The Labute approximate surface area is 308 Å². The van der Waals surface area contributed by atoms with E-state index in [9.17, 15) is 0 Å². The lowest BCUT2D eigenvalue weighted by Crippen LogP contribution is -2.10. The zero-order valence-corrected chi connectivity index (χ0v) is 31.1. The summed E-state index contributed by atoms with van der Waals surface area (Å²) in [7, 11) is 0. The minimum absolute atomic E-state index is 0.218. The SMILES string of the molecule is [C-]#[N+]c1c2oc(C(C)(C)C)nc2cc2oc3c(-c4nc5ccc6ccccc6c5n4-c4c(C(C)C)cc(-c5ccccc5)cc4C(C)C)cccc3c12.